The number of carboxylic acid groups (broad SMARTS) is 1. The van der Waals surface area contributed by atoms with Gasteiger partial charge in [-0.25, -0.2) is 0 Å². The number of carbonyl (C=O) groups is 1. The van der Waals surface area contributed by atoms with Crippen LogP contribution in [0.5, 0.6) is 0 Å². The molecule has 92 valence electrons. The number of hydrogen-bond donors (Lipinski definition) is 1. The Morgan fingerprint density at radius 2 is 2.47 bits per heavy atom. The number of aryl methyl sites for hydroxylation is 1. The van der Waals surface area contributed by atoms with Gasteiger partial charge in [0.15, 0.2) is 0 Å². The van der Waals surface area contributed by atoms with E-state index >= 15 is 0 Å². The average Bonchev–Trinajstić information content (AvgIpc) is 2.29. The molecule has 1 N–H and O–H groups in total. The number of nitrogens with zero attached hydrogens (tertiary/aromatic N) is 2. The molecule has 1 atom stereocenters. The number of aliphatic carboxylic acids is 1. The van der Waals surface area contributed by atoms with Crippen LogP contribution in [0.1, 0.15) is 11.1 Å². The summed E-state index contributed by atoms with van der Waals surface area (Å²) >= 11 is 1.71. The molecule has 0 saturated carbocycles. The first kappa shape index (κ1) is 12.4. The van der Waals surface area contributed by atoms with Crippen LogP contribution in [0, 0.1) is 6.92 Å². The minimum atomic E-state index is -0.724. The van der Waals surface area contributed by atoms with Crippen molar-refractivity contribution in [3.8, 4) is 0 Å². The zero-order valence-corrected chi connectivity index (χ0v) is 10.6. The first-order valence-corrected chi connectivity index (χ1v) is 6.77. The van der Waals surface area contributed by atoms with Crippen molar-refractivity contribution in [2.75, 3.05) is 18.1 Å². The highest BCUT2D eigenvalue weighted by Gasteiger charge is 2.28. The summed E-state index contributed by atoms with van der Waals surface area (Å²) in [6.45, 7) is 3.50. The summed E-state index contributed by atoms with van der Waals surface area (Å²) in [4.78, 5) is 17.3. The molecule has 1 aromatic rings. The van der Waals surface area contributed by atoms with Crippen molar-refractivity contribution in [3.63, 3.8) is 0 Å². The summed E-state index contributed by atoms with van der Waals surface area (Å²) in [5.41, 5.74) is 2.20. The molecule has 1 aliphatic rings. The molecule has 0 radical (unpaired) electrons. The number of carboxylic acids is 1. The summed E-state index contributed by atoms with van der Waals surface area (Å²) in [7, 11) is 0. The molecule has 1 aliphatic heterocycles. The van der Waals surface area contributed by atoms with E-state index in [4.69, 9.17) is 0 Å². The quantitative estimate of drug-likeness (QED) is 0.881. The van der Waals surface area contributed by atoms with Crippen LogP contribution >= 0.6 is 11.8 Å². The molecular formula is C12H16N2O2S. The van der Waals surface area contributed by atoms with E-state index in [1.807, 2.05) is 24.2 Å². The Hall–Kier alpha value is -1.07. The molecule has 0 aromatic carbocycles. The number of thioether (sulfide) groups is 1. The molecule has 17 heavy (non-hydrogen) atoms. The van der Waals surface area contributed by atoms with Gasteiger partial charge in [0, 0.05) is 37.0 Å². The second kappa shape index (κ2) is 5.51. The van der Waals surface area contributed by atoms with Crippen molar-refractivity contribution in [1.82, 2.24) is 9.88 Å². The Morgan fingerprint density at radius 1 is 1.65 bits per heavy atom. The second-order valence-electron chi connectivity index (χ2n) is 4.27. The fourth-order valence-electron chi connectivity index (χ4n) is 1.99. The van der Waals surface area contributed by atoms with Crippen LogP contribution in [-0.2, 0) is 11.3 Å². The van der Waals surface area contributed by atoms with Gasteiger partial charge in [-0.1, -0.05) is 6.07 Å². The van der Waals surface area contributed by atoms with E-state index in [0.717, 1.165) is 23.4 Å². The third-order valence-electron chi connectivity index (χ3n) is 2.84. The molecule has 1 aromatic heterocycles. The Bertz CT molecular complexity index is 411. The van der Waals surface area contributed by atoms with Gasteiger partial charge < -0.3 is 5.11 Å². The van der Waals surface area contributed by atoms with Crippen molar-refractivity contribution in [1.29, 1.82) is 0 Å². The van der Waals surface area contributed by atoms with Crippen molar-refractivity contribution in [3.05, 3.63) is 29.6 Å². The molecule has 5 heteroatoms. The van der Waals surface area contributed by atoms with Crippen molar-refractivity contribution < 1.29 is 9.90 Å². The Kier molecular flexibility index (Phi) is 4.02. The van der Waals surface area contributed by atoms with Crippen molar-refractivity contribution in [2.24, 2.45) is 0 Å². The van der Waals surface area contributed by atoms with Gasteiger partial charge in [-0.2, -0.15) is 11.8 Å². The van der Waals surface area contributed by atoms with Gasteiger partial charge in [-0.3, -0.25) is 14.7 Å². The van der Waals surface area contributed by atoms with Crippen LogP contribution in [0.15, 0.2) is 18.5 Å². The van der Waals surface area contributed by atoms with E-state index in [2.05, 4.69) is 11.1 Å². The lowest BCUT2D eigenvalue weighted by Gasteiger charge is -2.32. The SMILES string of the molecule is Cc1cncc(CN2CCSCC2C(=O)O)c1. The van der Waals surface area contributed by atoms with Crippen molar-refractivity contribution in [2.45, 2.75) is 19.5 Å². The third-order valence-corrected chi connectivity index (χ3v) is 3.86. The molecule has 1 saturated heterocycles. The Labute approximate surface area is 105 Å². The summed E-state index contributed by atoms with van der Waals surface area (Å²) in [6.07, 6.45) is 3.62. The summed E-state index contributed by atoms with van der Waals surface area (Å²) in [5, 5.41) is 9.17. The first-order valence-electron chi connectivity index (χ1n) is 5.62. The smallest absolute Gasteiger partial charge is 0.321 e. The highest BCUT2D eigenvalue weighted by molar-refractivity contribution is 7.99. The number of pyridine rings is 1. The van der Waals surface area contributed by atoms with Crippen LogP contribution in [0.3, 0.4) is 0 Å². The van der Waals surface area contributed by atoms with E-state index in [1.54, 1.807) is 11.8 Å². The Morgan fingerprint density at radius 3 is 3.18 bits per heavy atom. The molecule has 0 bridgehead atoms. The largest absolute Gasteiger partial charge is 0.480 e. The van der Waals surface area contributed by atoms with Crippen molar-refractivity contribution >= 4 is 17.7 Å². The predicted molar refractivity (Wildman–Crippen MR) is 68.1 cm³/mol. The highest BCUT2D eigenvalue weighted by atomic mass is 32.2. The maximum Gasteiger partial charge on any atom is 0.321 e. The maximum atomic E-state index is 11.2. The summed E-state index contributed by atoms with van der Waals surface area (Å²) in [6, 6.07) is 1.70. The van der Waals surface area contributed by atoms with E-state index in [1.165, 1.54) is 0 Å². The van der Waals surface area contributed by atoms with Gasteiger partial charge in [-0.15, -0.1) is 0 Å². The molecule has 0 spiro atoms. The first-order chi connectivity index (χ1) is 8.16. The van der Waals surface area contributed by atoms with E-state index < -0.39 is 5.97 Å². The van der Waals surface area contributed by atoms with Crippen LogP contribution in [0.2, 0.25) is 0 Å². The molecule has 1 unspecified atom stereocenters. The minimum absolute atomic E-state index is 0.366. The molecule has 0 aliphatic carbocycles. The highest BCUT2D eigenvalue weighted by Crippen LogP contribution is 2.19. The number of hydrogen-bond acceptors (Lipinski definition) is 4. The van der Waals surface area contributed by atoms with E-state index in [9.17, 15) is 9.90 Å². The fourth-order valence-corrected chi connectivity index (χ4v) is 3.10. The lowest BCUT2D eigenvalue weighted by atomic mass is 10.2. The number of rotatable bonds is 3. The molecular weight excluding hydrogens is 236 g/mol. The third kappa shape index (κ3) is 3.20. The second-order valence-corrected chi connectivity index (χ2v) is 5.42. The predicted octanol–water partition coefficient (Wildman–Crippen LogP) is 1.39. The van der Waals surface area contributed by atoms with Gasteiger partial charge in [0.2, 0.25) is 0 Å². The van der Waals surface area contributed by atoms with Gasteiger partial charge in [0.05, 0.1) is 0 Å². The van der Waals surface area contributed by atoms with E-state index in [0.29, 0.717) is 12.3 Å². The van der Waals surface area contributed by atoms with Gasteiger partial charge in [0.1, 0.15) is 6.04 Å². The number of aromatic nitrogens is 1. The molecule has 1 fully saturated rings. The van der Waals surface area contributed by atoms with Gasteiger partial charge in [0.25, 0.3) is 0 Å². The zero-order chi connectivity index (χ0) is 12.3. The average molecular weight is 252 g/mol. The van der Waals surface area contributed by atoms with Crippen LogP contribution in [0.25, 0.3) is 0 Å². The lowest BCUT2D eigenvalue weighted by Crippen LogP contribution is -2.46. The minimum Gasteiger partial charge on any atom is -0.480 e. The van der Waals surface area contributed by atoms with Crippen LogP contribution < -0.4 is 0 Å². The monoisotopic (exact) mass is 252 g/mol. The maximum absolute atomic E-state index is 11.2. The van der Waals surface area contributed by atoms with Gasteiger partial charge >= 0.3 is 5.97 Å². The van der Waals surface area contributed by atoms with Gasteiger partial charge in [-0.05, 0) is 18.1 Å². The summed E-state index contributed by atoms with van der Waals surface area (Å²) < 4.78 is 0. The zero-order valence-electron chi connectivity index (χ0n) is 9.80. The molecule has 2 rings (SSSR count). The van der Waals surface area contributed by atoms with Crippen LogP contribution in [-0.4, -0.2) is 45.1 Å². The summed E-state index contributed by atoms with van der Waals surface area (Å²) in [5.74, 6) is 0.954. The Balaban J connectivity index is 2.08. The fraction of sp³-hybridized carbons (Fsp3) is 0.500. The van der Waals surface area contributed by atoms with Crippen LogP contribution in [0.4, 0.5) is 0 Å². The molecule has 4 nitrogen and oxygen atoms in total. The molecule has 2 heterocycles. The molecule has 0 amide bonds. The normalized spacial score (nSPS) is 21.4. The topological polar surface area (TPSA) is 53.4 Å². The lowest BCUT2D eigenvalue weighted by molar-refractivity contribution is -0.142. The van der Waals surface area contributed by atoms with E-state index in [-0.39, 0.29) is 6.04 Å². The standard InChI is InChI=1S/C12H16N2O2S/c1-9-4-10(6-13-5-9)7-14-2-3-17-8-11(14)12(15)16/h4-6,11H,2-3,7-8H2,1H3,(H,15,16).